The highest BCUT2D eigenvalue weighted by Gasteiger charge is 2.09. The number of hydrogen-bond donors (Lipinski definition) is 1. The Morgan fingerprint density at radius 1 is 1.55 bits per heavy atom. The third-order valence-electron chi connectivity index (χ3n) is 1.12. The zero-order chi connectivity index (χ0) is 8.85. The summed E-state index contributed by atoms with van der Waals surface area (Å²) in [7, 11) is 1.22. The van der Waals surface area contributed by atoms with Crippen LogP contribution in [0.2, 0.25) is 0 Å². The largest absolute Gasteiger partial charge is 0.469 e. The van der Waals surface area contributed by atoms with Gasteiger partial charge < -0.3 is 9.84 Å². The lowest BCUT2D eigenvalue weighted by Crippen LogP contribution is -2.11. The summed E-state index contributed by atoms with van der Waals surface area (Å²) in [5, 5.41) is 8.33. The first kappa shape index (κ1) is 9.84. The van der Waals surface area contributed by atoms with Crippen LogP contribution in [0.4, 0.5) is 0 Å². The second-order valence-corrected chi connectivity index (χ2v) is 1.94. The molecule has 1 N–H and O–H groups in total. The molecule has 0 spiro atoms. The van der Waals surface area contributed by atoms with E-state index >= 15 is 0 Å². The summed E-state index contributed by atoms with van der Waals surface area (Å²) in [5.74, 6) is -1.06. The van der Waals surface area contributed by atoms with E-state index in [1.54, 1.807) is 0 Å². The average Bonchev–Trinajstić information content (AvgIpc) is 2.02. The minimum absolute atomic E-state index is 0.0688. The molecule has 0 amide bonds. The van der Waals surface area contributed by atoms with Crippen molar-refractivity contribution in [1.29, 1.82) is 0 Å². The van der Waals surface area contributed by atoms with Crippen LogP contribution < -0.4 is 0 Å². The molecule has 0 radical (unpaired) electrons. The SMILES string of the molecule is C=C(CC(=O)OC)C(=O)CO. The van der Waals surface area contributed by atoms with E-state index in [0.717, 1.165) is 0 Å². The van der Waals surface area contributed by atoms with Gasteiger partial charge in [-0.25, -0.2) is 0 Å². The van der Waals surface area contributed by atoms with Gasteiger partial charge in [0.1, 0.15) is 6.61 Å². The molecule has 62 valence electrons. The van der Waals surface area contributed by atoms with Gasteiger partial charge in [-0.2, -0.15) is 0 Å². The van der Waals surface area contributed by atoms with Crippen LogP contribution >= 0.6 is 0 Å². The molecule has 0 aliphatic carbocycles. The van der Waals surface area contributed by atoms with Crippen molar-refractivity contribution in [3.8, 4) is 0 Å². The quantitative estimate of drug-likeness (QED) is 0.449. The van der Waals surface area contributed by atoms with Crippen molar-refractivity contribution in [1.82, 2.24) is 0 Å². The Hall–Kier alpha value is -1.16. The minimum atomic E-state index is -0.615. The molecule has 0 saturated carbocycles. The van der Waals surface area contributed by atoms with Gasteiger partial charge in [0.25, 0.3) is 0 Å². The Balaban J connectivity index is 3.88. The first-order chi connectivity index (χ1) is 5.11. The zero-order valence-electron chi connectivity index (χ0n) is 6.29. The van der Waals surface area contributed by atoms with Gasteiger partial charge in [-0.1, -0.05) is 6.58 Å². The van der Waals surface area contributed by atoms with E-state index in [-0.39, 0.29) is 12.0 Å². The molecule has 0 fully saturated rings. The monoisotopic (exact) mass is 158 g/mol. The standard InChI is InChI=1S/C7H10O4/c1-5(6(9)4-8)3-7(10)11-2/h8H,1,3-4H2,2H3. The molecule has 4 nitrogen and oxygen atoms in total. The van der Waals surface area contributed by atoms with E-state index in [0.29, 0.717) is 0 Å². The Kier molecular flexibility index (Phi) is 4.14. The van der Waals surface area contributed by atoms with E-state index in [9.17, 15) is 9.59 Å². The molecule has 0 aliphatic heterocycles. The number of aliphatic hydroxyl groups excluding tert-OH is 1. The van der Waals surface area contributed by atoms with Crippen LogP contribution in [0.1, 0.15) is 6.42 Å². The molecule has 0 aliphatic rings. The van der Waals surface area contributed by atoms with Crippen LogP contribution in [0, 0.1) is 0 Å². The Labute approximate surface area is 64.5 Å². The van der Waals surface area contributed by atoms with Crippen LogP contribution in [0.5, 0.6) is 0 Å². The van der Waals surface area contributed by atoms with E-state index in [4.69, 9.17) is 5.11 Å². The predicted octanol–water partition coefficient (Wildman–Crippen LogP) is -0.333. The molecule has 0 aromatic rings. The van der Waals surface area contributed by atoms with Gasteiger partial charge >= 0.3 is 5.97 Å². The minimum Gasteiger partial charge on any atom is -0.469 e. The van der Waals surface area contributed by atoms with Crippen molar-refractivity contribution in [2.45, 2.75) is 6.42 Å². The Bertz CT molecular complexity index is 183. The summed E-state index contributed by atoms with van der Waals surface area (Å²) in [4.78, 5) is 21.1. The number of hydrogen-bond acceptors (Lipinski definition) is 4. The fourth-order valence-electron chi connectivity index (χ4n) is 0.457. The lowest BCUT2D eigenvalue weighted by atomic mass is 10.1. The third-order valence-corrected chi connectivity index (χ3v) is 1.12. The summed E-state index contributed by atoms with van der Waals surface area (Å²) in [6, 6.07) is 0. The molecule has 0 saturated heterocycles. The average molecular weight is 158 g/mol. The topological polar surface area (TPSA) is 63.6 Å². The van der Waals surface area contributed by atoms with E-state index in [1.807, 2.05) is 0 Å². The maximum Gasteiger partial charge on any atom is 0.310 e. The molecule has 0 aromatic carbocycles. The van der Waals surface area contributed by atoms with Gasteiger partial charge in [0, 0.05) is 5.57 Å². The van der Waals surface area contributed by atoms with E-state index in [1.165, 1.54) is 7.11 Å². The summed E-state index contributed by atoms with van der Waals surface area (Å²) < 4.78 is 4.28. The second-order valence-electron chi connectivity index (χ2n) is 1.94. The van der Waals surface area contributed by atoms with Crippen LogP contribution in [0.3, 0.4) is 0 Å². The zero-order valence-corrected chi connectivity index (χ0v) is 6.29. The molecular formula is C7H10O4. The first-order valence-corrected chi connectivity index (χ1v) is 3.00. The van der Waals surface area contributed by atoms with E-state index < -0.39 is 18.4 Å². The fraction of sp³-hybridized carbons (Fsp3) is 0.429. The highest BCUT2D eigenvalue weighted by atomic mass is 16.5. The smallest absolute Gasteiger partial charge is 0.310 e. The molecule has 0 heterocycles. The van der Waals surface area contributed by atoms with Crippen LogP contribution in [0.15, 0.2) is 12.2 Å². The normalized spacial score (nSPS) is 8.91. The number of rotatable bonds is 4. The first-order valence-electron chi connectivity index (χ1n) is 3.00. The highest BCUT2D eigenvalue weighted by Crippen LogP contribution is 1.99. The van der Waals surface area contributed by atoms with Crippen molar-refractivity contribution in [2.24, 2.45) is 0 Å². The molecule has 0 aromatic heterocycles. The maximum absolute atomic E-state index is 10.6. The summed E-state index contributed by atoms with van der Waals surface area (Å²) in [5.41, 5.74) is 0.0688. The number of aliphatic hydroxyl groups is 1. The molecule has 0 rings (SSSR count). The second kappa shape index (κ2) is 4.62. The number of esters is 1. The van der Waals surface area contributed by atoms with Crippen LogP contribution in [0.25, 0.3) is 0 Å². The summed E-state index contributed by atoms with van der Waals surface area (Å²) >= 11 is 0. The van der Waals surface area contributed by atoms with Gasteiger partial charge in [-0.05, 0) is 0 Å². The molecule has 0 atom stereocenters. The van der Waals surface area contributed by atoms with Gasteiger partial charge in [0.05, 0.1) is 13.5 Å². The number of methoxy groups -OCH3 is 1. The lowest BCUT2D eigenvalue weighted by molar-refractivity contribution is -0.140. The Morgan fingerprint density at radius 3 is 2.45 bits per heavy atom. The molecular weight excluding hydrogens is 148 g/mol. The van der Waals surface area contributed by atoms with Gasteiger partial charge in [0.15, 0.2) is 5.78 Å². The molecule has 0 unspecified atom stereocenters. The van der Waals surface area contributed by atoms with Crippen LogP contribution in [-0.2, 0) is 14.3 Å². The lowest BCUT2D eigenvalue weighted by Gasteiger charge is -1.99. The van der Waals surface area contributed by atoms with E-state index in [2.05, 4.69) is 11.3 Å². The predicted molar refractivity (Wildman–Crippen MR) is 37.9 cm³/mol. The van der Waals surface area contributed by atoms with Crippen molar-refractivity contribution >= 4 is 11.8 Å². The van der Waals surface area contributed by atoms with Crippen LogP contribution in [-0.4, -0.2) is 30.6 Å². The molecule has 0 bridgehead atoms. The summed E-state index contributed by atoms with van der Waals surface area (Å²) in [6.45, 7) is 2.69. The summed E-state index contributed by atoms with van der Waals surface area (Å²) in [6.07, 6.45) is -0.157. The van der Waals surface area contributed by atoms with Gasteiger partial charge in [-0.3, -0.25) is 9.59 Å². The number of Topliss-reactive ketones (excluding diaryl/α,β-unsaturated/α-hetero) is 1. The van der Waals surface area contributed by atoms with Crippen molar-refractivity contribution in [2.75, 3.05) is 13.7 Å². The molecule has 11 heavy (non-hydrogen) atoms. The Morgan fingerprint density at radius 2 is 2.09 bits per heavy atom. The maximum atomic E-state index is 10.6. The number of ketones is 1. The van der Waals surface area contributed by atoms with Gasteiger partial charge in [-0.15, -0.1) is 0 Å². The van der Waals surface area contributed by atoms with Gasteiger partial charge in [0.2, 0.25) is 0 Å². The molecule has 4 heteroatoms. The van der Waals surface area contributed by atoms with Crippen molar-refractivity contribution in [3.05, 3.63) is 12.2 Å². The van der Waals surface area contributed by atoms with Crippen molar-refractivity contribution in [3.63, 3.8) is 0 Å². The number of ether oxygens (including phenoxy) is 1. The van der Waals surface area contributed by atoms with Crippen molar-refractivity contribution < 1.29 is 19.4 Å². The number of carbonyl (C=O) groups excluding carboxylic acids is 2. The highest BCUT2D eigenvalue weighted by molar-refractivity contribution is 5.99. The number of carbonyl (C=O) groups is 2. The third kappa shape index (κ3) is 3.52. The fourth-order valence-corrected chi connectivity index (χ4v) is 0.457.